The molecule has 34 heavy (non-hydrogen) atoms. The highest BCUT2D eigenvalue weighted by molar-refractivity contribution is 7.88. The van der Waals surface area contributed by atoms with E-state index >= 15 is 0 Å². The average Bonchev–Trinajstić information content (AvgIpc) is 2.76. The van der Waals surface area contributed by atoms with E-state index in [4.69, 9.17) is 14.2 Å². The summed E-state index contributed by atoms with van der Waals surface area (Å²) in [5.74, 6) is 0.868. The van der Waals surface area contributed by atoms with Crippen molar-refractivity contribution < 1.29 is 27.4 Å². The summed E-state index contributed by atoms with van der Waals surface area (Å²) >= 11 is 0. The van der Waals surface area contributed by atoms with Gasteiger partial charge in [0.15, 0.2) is 11.5 Å². The van der Waals surface area contributed by atoms with Gasteiger partial charge in [-0.1, -0.05) is 24.3 Å². The molecule has 0 atom stereocenters. The fourth-order valence-electron chi connectivity index (χ4n) is 3.11. The number of benzene rings is 2. The number of nitrogens with zero attached hydrogens (tertiary/aromatic N) is 1. The summed E-state index contributed by atoms with van der Waals surface area (Å²) in [6.45, 7) is 4.81. The second-order valence-electron chi connectivity index (χ2n) is 8.28. The van der Waals surface area contributed by atoms with E-state index in [9.17, 15) is 18.0 Å². The SMILES string of the molecule is COc1cc2c(-c3ccc(CNS(=O)(=O)NC(=O)OC(C)(C)C)cc3)n[nH]c(=O)c2cc1OC. The summed E-state index contributed by atoms with van der Waals surface area (Å²) in [5.41, 5.74) is 0.626. The van der Waals surface area contributed by atoms with Gasteiger partial charge in [0.1, 0.15) is 5.60 Å². The lowest BCUT2D eigenvalue weighted by molar-refractivity contribution is 0.0569. The fraction of sp³-hybridized carbons (Fsp3) is 0.318. The van der Waals surface area contributed by atoms with Crippen LogP contribution in [0.1, 0.15) is 26.3 Å². The highest BCUT2D eigenvalue weighted by Crippen LogP contribution is 2.34. The first-order valence-electron chi connectivity index (χ1n) is 10.2. The first-order valence-corrected chi connectivity index (χ1v) is 11.6. The summed E-state index contributed by atoms with van der Waals surface area (Å²) < 4.78 is 43.8. The van der Waals surface area contributed by atoms with Gasteiger partial charge in [0.25, 0.3) is 5.56 Å². The number of methoxy groups -OCH3 is 2. The molecule has 0 aliphatic heterocycles. The van der Waals surface area contributed by atoms with Crippen LogP contribution >= 0.6 is 0 Å². The normalized spacial score (nSPS) is 11.8. The standard InChI is InChI=1S/C22H26N4O7S/c1-22(2,3)33-21(28)26-34(29,30)23-12-13-6-8-14(9-7-13)19-15-10-17(31-4)18(32-5)11-16(15)20(27)25-24-19/h6-11,23H,12H2,1-5H3,(H,25,27)(H,26,28). The number of aromatic nitrogens is 2. The molecule has 0 spiro atoms. The van der Waals surface area contributed by atoms with Crippen molar-refractivity contribution in [2.45, 2.75) is 32.9 Å². The van der Waals surface area contributed by atoms with E-state index in [2.05, 4.69) is 14.9 Å². The molecule has 0 radical (unpaired) electrons. The third-order valence-electron chi connectivity index (χ3n) is 4.60. The second-order valence-corrected chi connectivity index (χ2v) is 9.78. The lowest BCUT2D eigenvalue weighted by Crippen LogP contribution is -2.42. The van der Waals surface area contributed by atoms with Gasteiger partial charge in [0, 0.05) is 17.5 Å². The Morgan fingerprint density at radius 2 is 1.62 bits per heavy atom. The number of nitrogens with one attached hydrogen (secondary N) is 3. The highest BCUT2D eigenvalue weighted by Gasteiger charge is 2.21. The number of hydrogen-bond donors (Lipinski definition) is 3. The molecule has 3 aromatic rings. The third kappa shape index (κ3) is 6.02. The van der Waals surface area contributed by atoms with E-state index in [1.807, 2.05) is 0 Å². The van der Waals surface area contributed by atoms with Crippen LogP contribution in [0.2, 0.25) is 0 Å². The summed E-state index contributed by atoms with van der Waals surface area (Å²) in [5, 5.41) is 7.60. The number of fused-ring (bicyclic) bond motifs is 1. The number of aromatic amines is 1. The van der Waals surface area contributed by atoms with Gasteiger partial charge in [0.05, 0.1) is 25.3 Å². The number of carbonyl (C=O) groups excluding carboxylic acids is 1. The molecule has 11 nitrogen and oxygen atoms in total. The highest BCUT2D eigenvalue weighted by atomic mass is 32.2. The average molecular weight is 491 g/mol. The largest absolute Gasteiger partial charge is 0.493 e. The van der Waals surface area contributed by atoms with Crippen LogP contribution in [0.5, 0.6) is 11.5 Å². The van der Waals surface area contributed by atoms with E-state index in [-0.39, 0.29) is 12.1 Å². The van der Waals surface area contributed by atoms with Gasteiger partial charge in [-0.05, 0) is 38.5 Å². The minimum Gasteiger partial charge on any atom is -0.493 e. The van der Waals surface area contributed by atoms with Gasteiger partial charge in [-0.15, -0.1) is 0 Å². The van der Waals surface area contributed by atoms with Crippen LogP contribution in [-0.2, 0) is 21.5 Å². The maximum Gasteiger partial charge on any atom is 0.422 e. The van der Waals surface area contributed by atoms with Crippen molar-refractivity contribution in [1.29, 1.82) is 0 Å². The van der Waals surface area contributed by atoms with Crippen molar-refractivity contribution in [2.75, 3.05) is 14.2 Å². The van der Waals surface area contributed by atoms with Crippen LogP contribution in [0.25, 0.3) is 22.0 Å². The van der Waals surface area contributed by atoms with Crippen LogP contribution < -0.4 is 24.5 Å². The van der Waals surface area contributed by atoms with E-state index < -0.39 is 21.9 Å². The molecule has 0 unspecified atom stereocenters. The van der Waals surface area contributed by atoms with E-state index in [1.54, 1.807) is 61.9 Å². The maximum absolute atomic E-state index is 12.3. The van der Waals surface area contributed by atoms with Gasteiger partial charge < -0.3 is 14.2 Å². The zero-order valence-electron chi connectivity index (χ0n) is 19.4. The first kappa shape index (κ1) is 25.0. The summed E-state index contributed by atoms with van der Waals surface area (Å²) in [4.78, 5) is 24.0. The van der Waals surface area contributed by atoms with Crippen LogP contribution in [0.4, 0.5) is 4.79 Å². The Hall–Kier alpha value is -3.64. The predicted octanol–water partition coefficient (Wildman–Crippen LogP) is 2.47. The van der Waals surface area contributed by atoms with Gasteiger partial charge in [0.2, 0.25) is 0 Å². The van der Waals surface area contributed by atoms with Crippen molar-refractivity contribution in [3.63, 3.8) is 0 Å². The van der Waals surface area contributed by atoms with E-state index in [0.29, 0.717) is 39.1 Å². The Labute approximate surface area is 196 Å². The van der Waals surface area contributed by atoms with Crippen LogP contribution in [0.15, 0.2) is 41.2 Å². The number of amides is 1. The molecule has 2 aromatic carbocycles. The van der Waals surface area contributed by atoms with Crippen molar-refractivity contribution in [2.24, 2.45) is 0 Å². The van der Waals surface area contributed by atoms with Gasteiger partial charge in [-0.2, -0.15) is 18.2 Å². The molecule has 1 aromatic heterocycles. The topological polar surface area (TPSA) is 149 Å². The molecule has 0 aliphatic carbocycles. The number of rotatable bonds is 7. The van der Waals surface area contributed by atoms with Crippen molar-refractivity contribution in [3.8, 4) is 22.8 Å². The second kappa shape index (κ2) is 9.69. The molecule has 0 bridgehead atoms. The molecule has 12 heteroatoms. The quantitative estimate of drug-likeness (QED) is 0.457. The van der Waals surface area contributed by atoms with Gasteiger partial charge in [-0.3, -0.25) is 4.79 Å². The summed E-state index contributed by atoms with van der Waals surface area (Å²) in [7, 11) is -1.13. The Morgan fingerprint density at radius 1 is 1.03 bits per heavy atom. The Bertz CT molecular complexity index is 1360. The number of carbonyl (C=O) groups is 1. The van der Waals surface area contributed by atoms with Crippen molar-refractivity contribution in [3.05, 3.63) is 52.3 Å². The van der Waals surface area contributed by atoms with Gasteiger partial charge in [-0.25, -0.2) is 14.6 Å². The van der Waals surface area contributed by atoms with E-state index in [1.165, 1.54) is 14.2 Å². The van der Waals surface area contributed by atoms with Crippen LogP contribution in [0.3, 0.4) is 0 Å². The Balaban J connectivity index is 1.80. The lowest BCUT2D eigenvalue weighted by Gasteiger charge is -2.19. The molecule has 1 amide bonds. The molecule has 182 valence electrons. The molecule has 0 saturated carbocycles. The molecule has 0 saturated heterocycles. The zero-order valence-corrected chi connectivity index (χ0v) is 20.2. The van der Waals surface area contributed by atoms with Crippen LogP contribution in [-0.4, -0.2) is 44.5 Å². The number of ether oxygens (including phenoxy) is 3. The molecular formula is C22H26N4O7S. The number of H-pyrrole nitrogens is 1. The minimum absolute atomic E-state index is 0.0662. The monoisotopic (exact) mass is 490 g/mol. The molecule has 3 N–H and O–H groups in total. The lowest BCUT2D eigenvalue weighted by atomic mass is 10.0. The summed E-state index contributed by atoms with van der Waals surface area (Å²) in [6, 6.07) is 10.1. The zero-order chi connectivity index (χ0) is 25.1. The first-order chi connectivity index (χ1) is 15.9. The molecule has 1 heterocycles. The van der Waals surface area contributed by atoms with Crippen LogP contribution in [0, 0.1) is 0 Å². The number of hydrogen-bond acceptors (Lipinski definition) is 8. The van der Waals surface area contributed by atoms with Crippen molar-refractivity contribution in [1.82, 2.24) is 19.6 Å². The maximum atomic E-state index is 12.3. The Morgan fingerprint density at radius 3 is 2.18 bits per heavy atom. The van der Waals surface area contributed by atoms with Crippen molar-refractivity contribution >= 4 is 27.1 Å². The van der Waals surface area contributed by atoms with E-state index in [0.717, 1.165) is 0 Å². The third-order valence-corrected chi connectivity index (χ3v) is 5.56. The molecule has 0 aliphatic rings. The summed E-state index contributed by atoms with van der Waals surface area (Å²) in [6.07, 6.45) is -1.07. The molecule has 3 rings (SSSR count). The fourth-order valence-corrected chi connectivity index (χ4v) is 3.80. The smallest absolute Gasteiger partial charge is 0.422 e. The Kier molecular flexibility index (Phi) is 7.12. The minimum atomic E-state index is -4.11. The molecular weight excluding hydrogens is 464 g/mol. The molecule has 0 fully saturated rings. The van der Waals surface area contributed by atoms with Gasteiger partial charge >= 0.3 is 16.3 Å². The predicted molar refractivity (Wildman–Crippen MR) is 126 cm³/mol.